The van der Waals surface area contributed by atoms with Gasteiger partial charge in [-0.15, -0.1) is 24.0 Å². The van der Waals surface area contributed by atoms with Crippen LogP contribution in [0, 0.1) is 5.82 Å². The Morgan fingerprint density at radius 2 is 2.04 bits per heavy atom. The molecule has 0 radical (unpaired) electrons. The van der Waals surface area contributed by atoms with Crippen LogP contribution in [0.1, 0.15) is 16.7 Å². The van der Waals surface area contributed by atoms with Gasteiger partial charge in [0.15, 0.2) is 12.8 Å². The Labute approximate surface area is 163 Å². The van der Waals surface area contributed by atoms with Crippen molar-refractivity contribution < 1.29 is 13.9 Å². The quantitative estimate of drug-likeness (QED) is 0.412. The largest absolute Gasteiger partial charge is 0.467 e. The number of fused-ring (bicyclic) bond motifs is 1. The standard InChI is InChI=1S/C18H20FN3O2.HI/c19-16-8-14(17-15(9-16)11-23-12-24-17)10-22-18(20)21-7-6-13-4-2-1-3-5-13;/h1-5,8-9H,6-7,10-12H2,(H3,20,21,22);1H. The van der Waals surface area contributed by atoms with Crippen LogP contribution >= 0.6 is 24.0 Å². The summed E-state index contributed by atoms with van der Waals surface area (Å²) < 4.78 is 24.3. The lowest BCUT2D eigenvalue weighted by atomic mass is 10.1. The lowest BCUT2D eigenvalue weighted by Crippen LogP contribution is -2.33. The molecule has 0 unspecified atom stereocenters. The molecule has 3 rings (SSSR count). The van der Waals surface area contributed by atoms with Crippen LogP contribution in [0.2, 0.25) is 0 Å². The molecule has 1 aliphatic heterocycles. The minimum absolute atomic E-state index is 0. The fourth-order valence-corrected chi connectivity index (χ4v) is 2.58. The summed E-state index contributed by atoms with van der Waals surface area (Å²) >= 11 is 0. The number of hydrogen-bond acceptors (Lipinski definition) is 3. The van der Waals surface area contributed by atoms with Crippen LogP contribution in [-0.2, 0) is 24.3 Å². The molecule has 7 heteroatoms. The summed E-state index contributed by atoms with van der Waals surface area (Å²) in [5, 5.41) is 3.06. The SMILES string of the molecule is I.NC(=NCc1cc(F)cc2c1OCOC2)NCCc1ccccc1. The van der Waals surface area contributed by atoms with Crippen LogP contribution in [0.4, 0.5) is 4.39 Å². The van der Waals surface area contributed by atoms with E-state index in [9.17, 15) is 4.39 Å². The van der Waals surface area contributed by atoms with Gasteiger partial charge >= 0.3 is 0 Å². The van der Waals surface area contributed by atoms with Gasteiger partial charge in [0.25, 0.3) is 0 Å². The highest BCUT2D eigenvalue weighted by atomic mass is 127. The molecule has 0 saturated heterocycles. The zero-order chi connectivity index (χ0) is 16.8. The van der Waals surface area contributed by atoms with E-state index in [0.717, 1.165) is 6.42 Å². The highest BCUT2D eigenvalue weighted by Gasteiger charge is 2.16. The molecule has 1 heterocycles. The monoisotopic (exact) mass is 457 g/mol. The van der Waals surface area contributed by atoms with Crippen molar-refractivity contribution in [3.05, 3.63) is 65.0 Å². The Morgan fingerprint density at radius 3 is 2.84 bits per heavy atom. The molecule has 3 N–H and O–H groups in total. The fraction of sp³-hybridized carbons (Fsp3) is 0.278. The van der Waals surface area contributed by atoms with Gasteiger partial charge in [0.1, 0.15) is 11.6 Å². The number of halogens is 2. The van der Waals surface area contributed by atoms with Crippen LogP contribution in [0.15, 0.2) is 47.5 Å². The summed E-state index contributed by atoms with van der Waals surface area (Å²) in [6.45, 7) is 1.45. The maximum absolute atomic E-state index is 13.7. The van der Waals surface area contributed by atoms with Gasteiger partial charge in [-0.3, -0.25) is 0 Å². The van der Waals surface area contributed by atoms with E-state index in [1.54, 1.807) is 0 Å². The van der Waals surface area contributed by atoms with Crippen LogP contribution in [0.5, 0.6) is 5.75 Å². The van der Waals surface area contributed by atoms with Gasteiger partial charge in [0, 0.05) is 17.7 Å². The number of benzene rings is 2. The maximum atomic E-state index is 13.7. The van der Waals surface area contributed by atoms with E-state index in [2.05, 4.69) is 22.4 Å². The molecule has 2 aromatic rings. The molecule has 0 spiro atoms. The molecule has 0 saturated carbocycles. The molecule has 1 aliphatic rings. The van der Waals surface area contributed by atoms with E-state index in [-0.39, 0.29) is 43.1 Å². The third kappa shape index (κ3) is 5.57. The van der Waals surface area contributed by atoms with Crippen molar-refractivity contribution in [2.24, 2.45) is 10.7 Å². The molecule has 0 bridgehead atoms. The molecule has 2 aromatic carbocycles. The van der Waals surface area contributed by atoms with Gasteiger partial charge in [-0.05, 0) is 24.1 Å². The first-order valence-electron chi connectivity index (χ1n) is 7.82. The third-order valence-corrected chi connectivity index (χ3v) is 3.73. The predicted molar refractivity (Wildman–Crippen MR) is 106 cm³/mol. The number of guanidine groups is 1. The predicted octanol–water partition coefficient (Wildman–Crippen LogP) is 2.96. The maximum Gasteiger partial charge on any atom is 0.189 e. The van der Waals surface area contributed by atoms with Crippen LogP contribution in [0.25, 0.3) is 0 Å². The van der Waals surface area contributed by atoms with Gasteiger partial charge in [-0.2, -0.15) is 0 Å². The minimum atomic E-state index is -0.330. The Balaban J connectivity index is 0.00000225. The summed E-state index contributed by atoms with van der Waals surface area (Å²) in [4.78, 5) is 4.27. The first kappa shape index (κ1) is 19.5. The molecule has 5 nitrogen and oxygen atoms in total. The summed E-state index contributed by atoms with van der Waals surface area (Å²) in [5.74, 6) is 0.642. The van der Waals surface area contributed by atoms with Gasteiger partial charge in [-0.1, -0.05) is 30.3 Å². The minimum Gasteiger partial charge on any atom is -0.467 e. The number of hydrogen-bond donors (Lipinski definition) is 2. The molecule has 0 aliphatic carbocycles. The lowest BCUT2D eigenvalue weighted by molar-refractivity contribution is -0.0172. The molecular weight excluding hydrogens is 436 g/mol. The van der Waals surface area contributed by atoms with E-state index in [0.29, 0.717) is 36.0 Å². The van der Waals surface area contributed by atoms with Crippen molar-refractivity contribution in [3.63, 3.8) is 0 Å². The lowest BCUT2D eigenvalue weighted by Gasteiger charge is -2.20. The van der Waals surface area contributed by atoms with Gasteiger partial charge < -0.3 is 20.5 Å². The topological polar surface area (TPSA) is 68.9 Å². The van der Waals surface area contributed by atoms with Gasteiger partial charge in [0.05, 0.1) is 13.2 Å². The first-order chi connectivity index (χ1) is 11.7. The second kappa shape index (κ2) is 9.57. The second-order valence-corrected chi connectivity index (χ2v) is 5.53. The van der Waals surface area contributed by atoms with Crippen molar-refractivity contribution in [2.75, 3.05) is 13.3 Å². The normalized spacial score (nSPS) is 13.4. The number of ether oxygens (including phenoxy) is 2. The molecule has 25 heavy (non-hydrogen) atoms. The molecular formula is C18H21FIN3O2. The third-order valence-electron chi connectivity index (χ3n) is 3.73. The number of nitrogens with one attached hydrogen (secondary N) is 1. The van der Waals surface area contributed by atoms with Gasteiger partial charge in [-0.25, -0.2) is 9.38 Å². The second-order valence-electron chi connectivity index (χ2n) is 5.53. The molecule has 0 atom stereocenters. The average Bonchev–Trinajstić information content (AvgIpc) is 2.60. The first-order valence-corrected chi connectivity index (χ1v) is 7.82. The summed E-state index contributed by atoms with van der Waals surface area (Å²) in [6, 6.07) is 13.0. The highest BCUT2D eigenvalue weighted by Crippen LogP contribution is 2.29. The summed E-state index contributed by atoms with van der Waals surface area (Å²) in [6.07, 6.45) is 0.854. The summed E-state index contributed by atoms with van der Waals surface area (Å²) in [5.41, 5.74) is 8.47. The highest BCUT2D eigenvalue weighted by molar-refractivity contribution is 14.0. The molecule has 134 valence electrons. The van der Waals surface area contributed by atoms with Crippen LogP contribution in [-0.4, -0.2) is 19.3 Å². The van der Waals surface area contributed by atoms with Crippen molar-refractivity contribution >= 4 is 29.9 Å². The Morgan fingerprint density at radius 1 is 1.24 bits per heavy atom. The van der Waals surface area contributed by atoms with Crippen molar-refractivity contribution in [3.8, 4) is 5.75 Å². The average molecular weight is 457 g/mol. The van der Waals surface area contributed by atoms with Crippen LogP contribution in [0.3, 0.4) is 0 Å². The Kier molecular flexibility index (Phi) is 7.45. The fourth-order valence-electron chi connectivity index (χ4n) is 2.58. The number of nitrogens with two attached hydrogens (primary N) is 1. The Hall–Kier alpha value is -1.87. The van der Waals surface area contributed by atoms with E-state index in [1.165, 1.54) is 17.7 Å². The van der Waals surface area contributed by atoms with Crippen molar-refractivity contribution in [1.82, 2.24) is 5.32 Å². The number of rotatable bonds is 5. The van der Waals surface area contributed by atoms with E-state index >= 15 is 0 Å². The van der Waals surface area contributed by atoms with Crippen molar-refractivity contribution in [2.45, 2.75) is 19.6 Å². The van der Waals surface area contributed by atoms with Gasteiger partial charge in [0.2, 0.25) is 0 Å². The summed E-state index contributed by atoms with van der Waals surface area (Å²) in [7, 11) is 0. The van der Waals surface area contributed by atoms with E-state index < -0.39 is 0 Å². The smallest absolute Gasteiger partial charge is 0.189 e. The Bertz CT molecular complexity index is 726. The molecule has 0 aromatic heterocycles. The zero-order valence-electron chi connectivity index (χ0n) is 13.7. The van der Waals surface area contributed by atoms with E-state index in [4.69, 9.17) is 15.2 Å². The molecule has 0 amide bonds. The molecule has 0 fully saturated rings. The number of aliphatic imine (C=N–C) groups is 1. The van der Waals surface area contributed by atoms with E-state index in [1.807, 2.05) is 18.2 Å². The van der Waals surface area contributed by atoms with Crippen LogP contribution < -0.4 is 15.8 Å². The van der Waals surface area contributed by atoms with Crippen molar-refractivity contribution in [1.29, 1.82) is 0 Å². The number of nitrogens with zero attached hydrogens (tertiary/aromatic N) is 1. The zero-order valence-corrected chi connectivity index (χ0v) is 16.0.